The Morgan fingerprint density at radius 1 is 0.538 bits per heavy atom. The molecule has 0 aliphatic rings. The van der Waals surface area contributed by atoms with Crippen molar-refractivity contribution in [3.8, 4) is 5.75 Å². The molecule has 0 saturated heterocycles. The topological polar surface area (TPSA) is 77.5 Å². The first kappa shape index (κ1) is 29.2. The van der Waals surface area contributed by atoms with Crippen molar-refractivity contribution in [1.82, 2.24) is 0 Å². The van der Waals surface area contributed by atoms with E-state index in [1.807, 2.05) is 27.7 Å². The molecular formula is C30H28Cl2O5S2. The molecule has 0 aromatic heterocycles. The third kappa shape index (κ3) is 6.33. The van der Waals surface area contributed by atoms with Gasteiger partial charge in [0.05, 0.1) is 24.5 Å². The molecule has 0 atom stereocenters. The highest BCUT2D eigenvalue weighted by Crippen LogP contribution is 2.32. The summed E-state index contributed by atoms with van der Waals surface area (Å²) in [5.74, 6) is 0.469. The number of hydrogen-bond donors (Lipinski definition) is 0. The quantitative estimate of drug-likeness (QED) is 0.192. The van der Waals surface area contributed by atoms with Gasteiger partial charge in [0.25, 0.3) is 0 Å². The molecule has 5 nitrogen and oxygen atoms in total. The van der Waals surface area contributed by atoms with E-state index in [0.29, 0.717) is 10.8 Å². The minimum Gasteiger partial charge on any atom is -0.483 e. The molecule has 4 rings (SSSR count). The van der Waals surface area contributed by atoms with Crippen LogP contribution < -0.4 is 4.74 Å². The summed E-state index contributed by atoms with van der Waals surface area (Å²) >= 11 is 12.2. The first-order valence-electron chi connectivity index (χ1n) is 12.1. The second-order valence-corrected chi connectivity index (χ2v) is 15.3. The zero-order valence-electron chi connectivity index (χ0n) is 21.9. The van der Waals surface area contributed by atoms with Gasteiger partial charge in [0, 0.05) is 5.02 Å². The van der Waals surface area contributed by atoms with Crippen molar-refractivity contribution < 1.29 is 21.6 Å². The van der Waals surface area contributed by atoms with Crippen molar-refractivity contribution >= 4 is 42.9 Å². The summed E-state index contributed by atoms with van der Waals surface area (Å²) in [6.07, 6.45) is 0. The SMILES string of the molecule is CC(C)(Cl)c1ccc(S(=O)(=O)c2ccc(OC(C)(C)c3ccc(S(=O)(=O)c4ccc(Cl)cc4)cc3)cc2)cc1. The minimum atomic E-state index is -3.72. The summed E-state index contributed by atoms with van der Waals surface area (Å²) < 4.78 is 58.3. The average molecular weight is 604 g/mol. The van der Waals surface area contributed by atoms with Crippen LogP contribution in [0, 0.1) is 0 Å². The fourth-order valence-corrected chi connectivity index (χ4v) is 6.77. The first-order chi connectivity index (χ1) is 18.1. The van der Waals surface area contributed by atoms with Crippen molar-refractivity contribution in [3.05, 3.63) is 113 Å². The predicted molar refractivity (Wildman–Crippen MR) is 154 cm³/mol. The van der Waals surface area contributed by atoms with Gasteiger partial charge in [-0.15, -0.1) is 11.6 Å². The van der Waals surface area contributed by atoms with E-state index in [1.54, 1.807) is 48.5 Å². The standard InChI is InChI=1S/C30H28Cl2O5S2/c1-29(2,32)21-5-13-25(14-6-21)39(35,36)28-19-11-24(12-20-28)37-30(3,4)22-7-15-26(16-8-22)38(33,34)27-17-9-23(31)10-18-27/h5-20H,1-4H3. The van der Waals surface area contributed by atoms with Crippen LogP contribution in [0.2, 0.25) is 5.02 Å². The molecular weight excluding hydrogens is 575 g/mol. The summed E-state index contributed by atoms with van der Waals surface area (Å²) in [6.45, 7) is 7.38. The van der Waals surface area contributed by atoms with Crippen LogP contribution in [0.1, 0.15) is 38.8 Å². The molecule has 0 unspecified atom stereocenters. The lowest BCUT2D eigenvalue weighted by Crippen LogP contribution is -2.25. The Hall–Kier alpha value is -2.84. The molecule has 9 heteroatoms. The van der Waals surface area contributed by atoms with E-state index in [1.165, 1.54) is 48.5 Å². The highest BCUT2D eigenvalue weighted by atomic mass is 35.5. The Morgan fingerprint density at radius 3 is 1.26 bits per heavy atom. The molecule has 0 N–H and O–H groups in total. The predicted octanol–water partition coefficient (Wildman–Crippen LogP) is 7.79. The molecule has 0 heterocycles. The molecule has 0 aliphatic carbocycles. The Bertz CT molecular complexity index is 1670. The van der Waals surface area contributed by atoms with E-state index in [-0.39, 0.29) is 19.6 Å². The van der Waals surface area contributed by atoms with Crippen LogP contribution in [0.25, 0.3) is 0 Å². The Kier molecular flexibility index (Phi) is 7.94. The molecule has 0 saturated carbocycles. The molecule has 4 aromatic carbocycles. The van der Waals surface area contributed by atoms with Crippen molar-refractivity contribution in [1.29, 1.82) is 0 Å². The maximum atomic E-state index is 13.1. The lowest BCUT2D eigenvalue weighted by atomic mass is 9.98. The molecule has 39 heavy (non-hydrogen) atoms. The summed E-state index contributed by atoms with van der Waals surface area (Å²) in [6, 6.07) is 25.2. The van der Waals surface area contributed by atoms with E-state index in [0.717, 1.165) is 11.1 Å². The van der Waals surface area contributed by atoms with Crippen molar-refractivity contribution in [2.45, 2.75) is 57.8 Å². The van der Waals surface area contributed by atoms with E-state index in [4.69, 9.17) is 27.9 Å². The molecule has 4 aromatic rings. The number of ether oxygens (including phenoxy) is 1. The van der Waals surface area contributed by atoms with E-state index in [9.17, 15) is 16.8 Å². The number of alkyl halides is 1. The lowest BCUT2D eigenvalue weighted by molar-refractivity contribution is 0.108. The maximum Gasteiger partial charge on any atom is 0.206 e. The van der Waals surface area contributed by atoms with E-state index in [2.05, 4.69) is 0 Å². The van der Waals surface area contributed by atoms with Gasteiger partial charge in [0.15, 0.2) is 0 Å². The monoisotopic (exact) mass is 602 g/mol. The van der Waals surface area contributed by atoms with Gasteiger partial charge in [-0.1, -0.05) is 35.9 Å². The molecule has 0 aliphatic heterocycles. The van der Waals surface area contributed by atoms with Gasteiger partial charge in [0.2, 0.25) is 19.7 Å². The fourth-order valence-electron chi connectivity index (χ4n) is 3.99. The van der Waals surface area contributed by atoms with Crippen LogP contribution in [-0.4, -0.2) is 16.8 Å². The van der Waals surface area contributed by atoms with Crippen LogP contribution in [0.15, 0.2) is 117 Å². The van der Waals surface area contributed by atoms with Crippen molar-refractivity contribution in [2.75, 3.05) is 0 Å². The summed E-state index contributed by atoms with van der Waals surface area (Å²) in [5, 5.41) is 0.457. The van der Waals surface area contributed by atoms with Gasteiger partial charge < -0.3 is 4.74 Å². The van der Waals surface area contributed by atoms with Gasteiger partial charge >= 0.3 is 0 Å². The second kappa shape index (κ2) is 10.6. The third-order valence-electron chi connectivity index (χ3n) is 6.34. The van der Waals surface area contributed by atoms with Gasteiger partial charge in [-0.25, -0.2) is 16.8 Å². The molecule has 0 bridgehead atoms. The third-order valence-corrected chi connectivity index (χ3v) is 10.4. The molecule has 0 radical (unpaired) electrons. The largest absolute Gasteiger partial charge is 0.483 e. The Balaban J connectivity index is 1.51. The number of benzene rings is 4. The molecule has 204 valence electrons. The number of hydrogen-bond acceptors (Lipinski definition) is 5. The van der Waals surface area contributed by atoms with Crippen molar-refractivity contribution in [2.24, 2.45) is 0 Å². The normalized spacial score (nSPS) is 12.8. The Labute approximate surface area is 240 Å². The van der Waals surface area contributed by atoms with Crippen LogP contribution in [0.3, 0.4) is 0 Å². The number of sulfone groups is 2. The summed E-state index contributed by atoms with van der Waals surface area (Å²) in [4.78, 5) is 0.0297. The van der Waals surface area contributed by atoms with Crippen LogP contribution in [-0.2, 0) is 30.1 Å². The number of rotatable bonds is 8. The van der Waals surface area contributed by atoms with Crippen LogP contribution in [0.4, 0.5) is 0 Å². The van der Waals surface area contributed by atoms with Gasteiger partial charge in [-0.3, -0.25) is 0 Å². The van der Waals surface area contributed by atoms with Crippen molar-refractivity contribution in [3.63, 3.8) is 0 Å². The van der Waals surface area contributed by atoms with Gasteiger partial charge in [-0.05, 0) is 112 Å². The first-order valence-corrected chi connectivity index (χ1v) is 15.8. The second-order valence-electron chi connectivity index (χ2n) is 10.1. The van der Waals surface area contributed by atoms with E-state index >= 15 is 0 Å². The minimum absolute atomic E-state index is 0.141. The van der Waals surface area contributed by atoms with Gasteiger partial charge in [0.1, 0.15) is 11.4 Å². The molecule has 0 fully saturated rings. The summed E-state index contributed by atoms with van der Waals surface area (Å²) in [7, 11) is -7.41. The average Bonchev–Trinajstić information content (AvgIpc) is 2.89. The maximum absolute atomic E-state index is 13.1. The highest BCUT2D eigenvalue weighted by molar-refractivity contribution is 7.91. The highest BCUT2D eigenvalue weighted by Gasteiger charge is 2.26. The lowest BCUT2D eigenvalue weighted by Gasteiger charge is -2.27. The molecule has 0 amide bonds. The Morgan fingerprint density at radius 2 is 0.872 bits per heavy atom. The van der Waals surface area contributed by atoms with Crippen LogP contribution >= 0.6 is 23.2 Å². The van der Waals surface area contributed by atoms with Crippen LogP contribution in [0.5, 0.6) is 5.75 Å². The van der Waals surface area contributed by atoms with Gasteiger partial charge in [-0.2, -0.15) is 0 Å². The smallest absolute Gasteiger partial charge is 0.206 e. The number of halogens is 2. The zero-order chi connectivity index (χ0) is 28.6. The molecule has 0 spiro atoms. The summed E-state index contributed by atoms with van der Waals surface area (Å²) in [5.41, 5.74) is 0.744. The zero-order valence-corrected chi connectivity index (χ0v) is 25.0. The van der Waals surface area contributed by atoms with E-state index < -0.39 is 30.1 Å². The fraction of sp³-hybridized carbons (Fsp3) is 0.200.